The van der Waals surface area contributed by atoms with E-state index in [-0.39, 0.29) is 22.9 Å². The van der Waals surface area contributed by atoms with Crippen LogP contribution >= 0.6 is 0 Å². The van der Waals surface area contributed by atoms with E-state index in [4.69, 9.17) is 15.2 Å². The first kappa shape index (κ1) is 22.2. The lowest BCUT2D eigenvalue weighted by Gasteiger charge is -2.65. The van der Waals surface area contributed by atoms with Gasteiger partial charge in [-0.3, -0.25) is 4.79 Å². The van der Waals surface area contributed by atoms with E-state index in [1.807, 2.05) is 13.0 Å². The molecule has 4 aliphatic rings. The summed E-state index contributed by atoms with van der Waals surface area (Å²) in [6.07, 6.45) is 5.83. The van der Waals surface area contributed by atoms with Crippen molar-refractivity contribution in [3.05, 3.63) is 28.8 Å². The van der Waals surface area contributed by atoms with Crippen molar-refractivity contribution in [2.24, 2.45) is 28.9 Å². The van der Waals surface area contributed by atoms with Gasteiger partial charge in [-0.15, -0.1) is 0 Å². The number of hydrogen-bond donors (Lipinski definition) is 2. The molecule has 1 amide bonds. The lowest BCUT2D eigenvalue weighted by Crippen LogP contribution is -2.73. The summed E-state index contributed by atoms with van der Waals surface area (Å²) in [4.78, 5) is 12.4. The van der Waals surface area contributed by atoms with Gasteiger partial charge in [0, 0.05) is 24.0 Å². The first-order chi connectivity index (χ1) is 15.0. The Bertz CT molecular complexity index is 957. The Morgan fingerprint density at radius 2 is 2.03 bits per heavy atom. The molecule has 2 fully saturated rings. The van der Waals surface area contributed by atoms with Crippen molar-refractivity contribution in [2.75, 3.05) is 7.11 Å². The quantitative estimate of drug-likeness (QED) is 0.727. The van der Waals surface area contributed by atoms with Gasteiger partial charge in [-0.25, -0.2) is 0 Å². The SMILES string of the molecule is CC[C@@]1(OC)[C@@H]([C@](C)(O)C(C)(C)C)CC2[C@@H]3CCC[C@@]24c2c(ccc(C(N)=O)c2O[C@@H]14)C3. The van der Waals surface area contributed by atoms with E-state index in [0.29, 0.717) is 23.1 Å². The van der Waals surface area contributed by atoms with Gasteiger partial charge in [0.1, 0.15) is 17.5 Å². The van der Waals surface area contributed by atoms with Gasteiger partial charge in [0.15, 0.2) is 0 Å². The number of rotatable bonds is 4. The molecule has 0 radical (unpaired) electrons. The second-order valence-corrected chi connectivity index (χ2v) is 12.0. The summed E-state index contributed by atoms with van der Waals surface area (Å²) in [6, 6.07) is 3.96. The number of primary amides is 1. The highest BCUT2D eigenvalue weighted by molar-refractivity contribution is 5.97. The average molecular weight is 442 g/mol. The van der Waals surface area contributed by atoms with Crippen molar-refractivity contribution in [1.29, 1.82) is 0 Å². The van der Waals surface area contributed by atoms with Crippen molar-refractivity contribution < 1.29 is 19.4 Å². The Kier molecular flexibility index (Phi) is 4.67. The van der Waals surface area contributed by atoms with Crippen LogP contribution in [0, 0.1) is 23.2 Å². The monoisotopic (exact) mass is 441 g/mol. The van der Waals surface area contributed by atoms with E-state index in [0.717, 1.165) is 32.1 Å². The minimum atomic E-state index is -0.945. The lowest BCUT2D eigenvalue weighted by atomic mass is 9.42. The summed E-state index contributed by atoms with van der Waals surface area (Å²) in [6.45, 7) is 10.5. The summed E-state index contributed by atoms with van der Waals surface area (Å²) < 4.78 is 13.3. The molecular formula is C27H39NO4. The Hall–Kier alpha value is -1.59. The largest absolute Gasteiger partial charge is 0.485 e. The highest BCUT2D eigenvalue weighted by Gasteiger charge is 2.73. The lowest BCUT2D eigenvalue weighted by molar-refractivity contribution is -0.255. The molecule has 2 bridgehead atoms. The van der Waals surface area contributed by atoms with Gasteiger partial charge in [0.25, 0.3) is 5.91 Å². The maximum absolute atomic E-state index is 12.4. The number of benzene rings is 1. The van der Waals surface area contributed by atoms with Crippen molar-refractivity contribution in [2.45, 2.75) is 95.9 Å². The summed E-state index contributed by atoms with van der Waals surface area (Å²) >= 11 is 0. The smallest absolute Gasteiger partial charge is 0.252 e. The van der Waals surface area contributed by atoms with Crippen LogP contribution in [0.4, 0.5) is 0 Å². The van der Waals surface area contributed by atoms with E-state index >= 15 is 0 Å². The van der Waals surface area contributed by atoms with Crippen LogP contribution in [0.1, 0.15) is 88.2 Å². The van der Waals surface area contributed by atoms with Crippen LogP contribution in [0.2, 0.25) is 0 Å². The fraction of sp³-hybridized carbons (Fsp3) is 0.741. The minimum Gasteiger partial charge on any atom is -0.485 e. The molecule has 1 heterocycles. The minimum absolute atomic E-state index is 0.0818. The molecule has 176 valence electrons. The summed E-state index contributed by atoms with van der Waals surface area (Å²) in [5.41, 5.74) is 6.73. The zero-order valence-electron chi connectivity index (χ0n) is 20.5. The zero-order chi connectivity index (χ0) is 23.3. The molecule has 5 heteroatoms. The predicted molar refractivity (Wildman–Crippen MR) is 124 cm³/mol. The van der Waals surface area contributed by atoms with Crippen molar-refractivity contribution in [3.8, 4) is 5.75 Å². The van der Waals surface area contributed by atoms with Crippen LogP contribution < -0.4 is 10.5 Å². The van der Waals surface area contributed by atoms with Crippen molar-refractivity contribution in [3.63, 3.8) is 0 Å². The van der Waals surface area contributed by atoms with Crippen molar-refractivity contribution >= 4 is 5.91 Å². The molecule has 3 aliphatic carbocycles. The number of nitrogens with two attached hydrogens (primary N) is 1. The van der Waals surface area contributed by atoms with Crippen LogP contribution in [-0.2, 0) is 16.6 Å². The van der Waals surface area contributed by atoms with Gasteiger partial charge in [0.05, 0.1) is 11.2 Å². The number of aliphatic hydroxyl groups is 1. The van der Waals surface area contributed by atoms with E-state index in [9.17, 15) is 9.90 Å². The van der Waals surface area contributed by atoms with Crippen LogP contribution in [0.25, 0.3) is 0 Å². The molecule has 2 saturated carbocycles. The second-order valence-electron chi connectivity index (χ2n) is 12.0. The molecular weight excluding hydrogens is 402 g/mol. The number of carbonyl (C=O) groups is 1. The van der Waals surface area contributed by atoms with Crippen LogP contribution in [0.5, 0.6) is 5.75 Å². The number of hydrogen-bond acceptors (Lipinski definition) is 4. The molecule has 3 N–H and O–H groups in total. The maximum atomic E-state index is 12.4. The van der Waals surface area contributed by atoms with E-state index in [2.05, 4.69) is 33.8 Å². The molecule has 32 heavy (non-hydrogen) atoms. The van der Waals surface area contributed by atoms with E-state index in [1.54, 1.807) is 7.11 Å². The average Bonchev–Trinajstić information content (AvgIpc) is 3.06. The third-order valence-electron chi connectivity index (χ3n) is 10.2. The molecule has 0 aromatic heterocycles. The van der Waals surface area contributed by atoms with Gasteiger partial charge in [-0.05, 0) is 67.9 Å². The third kappa shape index (κ3) is 2.45. The number of amides is 1. The van der Waals surface area contributed by atoms with Crippen LogP contribution in [0.3, 0.4) is 0 Å². The zero-order valence-corrected chi connectivity index (χ0v) is 20.5. The third-order valence-corrected chi connectivity index (χ3v) is 10.2. The normalized spacial score (nSPS) is 39.1. The Morgan fingerprint density at radius 3 is 2.62 bits per heavy atom. The Morgan fingerprint density at radius 1 is 1.31 bits per heavy atom. The van der Waals surface area contributed by atoms with E-state index in [1.165, 1.54) is 17.5 Å². The Balaban J connectivity index is 1.78. The van der Waals surface area contributed by atoms with Gasteiger partial charge < -0.3 is 20.3 Å². The molecule has 1 unspecified atom stereocenters. The molecule has 5 rings (SSSR count). The van der Waals surface area contributed by atoms with Crippen LogP contribution in [0.15, 0.2) is 12.1 Å². The number of ether oxygens (including phenoxy) is 2. The summed E-state index contributed by atoms with van der Waals surface area (Å²) in [5, 5.41) is 12.0. The first-order valence-corrected chi connectivity index (χ1v) is 12.4. The van der Waals surface area contributed by atoms with Gasteiger partial charge in [-0.1, -0.05) is 40.2 Å². The summed E-state index contributed by atoms with van der Waals surface area (Å²) in [5.74, 6) is 1.15. The molecule has 1 aromatic carbocycles. The number of carbonyl (C=O) groups excluding carboxylic acids is 1. The molecule has 5 nitrogen and oxygen atoms in total. The Labute approximate surface area is 192 Å². The molecule has 1 aliphatic heterocycles. The fourth-order valence-electron chi connectivity index (χ4n) is 8.23. The second kappa shape index (κ2) is 6.73. The van der Waals surface area contributed by atoms with Gasteiger partial charge in [0.2, 0.25) is 0 Å². The van der Waals surface area contributed by atoms with E-state index < -0.39 is 17.1 Å². The summed E-state index contributed by atoms with van der Waals surface area (Å²) in [7, 11) is 1.78. The van der Waals surface area contributed by atoms with Gasteiger partial charge in [-0.2, -0.15) is 0 Å². The topological polar surface area (TPSA) is 81.8 Å². The van der Waals surface area contributed by atoms with Gasteiger partial charge >= 0.3 is 0 Å². The molecule has 1 aromatic rings. The maximum Gasteiger partial charge on any atom is 0.252 e. The highest BCUT2D eigenvalue weighted by atomic mass is 16.6. The standard InChI is InChI=1S/C27H39NO4/c1-7-27(31-6)19(25(5,30)24(2,3)4)14-18-15-9-8-12-26(18)20-16(13-15)10-11-17(22(28)29)21(20)32-23(26)27/h10-11,15,18-19,23,30H,7-9,12-14H2,1-6H3,(H2,28,29)/t15-,18?,19-,23-,25+,26+,27-/m1/s1. The molecule has 0 saturated heterocycles. The number of methoxy groups -OCH3 is 1. The molecule has 1 spiro atoms. The van der Waals surface area contributed by atoms with Crippen LogP contribution in [-0.4, -0.2) is 35.4 Å². The predicted octanol–water partition coefficient (Wildman–Crippen LogP) is 4.37. The van der Waals surface area contributed by atoms with Crippen molar-refractivity contribution in [1.82, 2.24) is 0 Å². The fourth-order valence-corrected chi connectivity index (χ4v) is 8.23. The first-order valence-electron chi connectivity index (χ1n) is 12.4. The molecule has 7 atom stereocenters. The highest BCUT2D eigenvalue weighted by Crippen LogP contribution is 2.70.